The Labute approximate surface area is 193 Å². The van der Waals surface area contributed by atoms with Gasteiger partial charge in [0.05, 0.1) is 11.1 Å². The van der Waals surface area contributed by atoms with Crippen LogP contribution in [0.3, 0.4) is 0 Å². The Bertz CT molecular complexity index is 1120. The third kappa shape index (κ3) is 4.95. The summed E-state index contributed by atoms with van der Waals surface area (Å²) in [6.45, 7) is 4.36. The van der Waals surface area contributed by atoms with Gasteiger partial charge in [0.25, 0.3) is 11.8 Å². The fraction of sp³-hybridized carbons (Fsp3) is 0.222. The molecule has 1 atom stereocenters. The van der Waals surface area contributed by atoms with Crippen molar-refractivity contribution in [1.82, 2.24) is 4.90 Å². The van der Waals surface area contributed by atoms with Crippen LogP contribution in [0.25, 0.3) is 0 Å². The molecule has 168 valence electrons. The quantitative estimate of drug-likeness (QED) is 0.503. The molecule has 6 nitrogen and oxygen atoms in total. The molecule has 3 aromatic rings. The van der Waals surface area contributed by atoms with E-state index in [1.807, 2.05) is 44.2 Å². The molecule has 0 radical (unpaired) electrons. The smallest absolute Gasteiger partial charge is 0.262 e. The predicted molar refractivity (Wildman–Crippen MR) is 126 cm³/mol. The summed E-state index contributed by atoms with van der Waals surface area (Å²) in [5.74, 6) is -0.465. The largest absolute Gasteiger partial charge is 0.489 e. The summed E-state index contributed by atoms with van der Waals surface area (Å²) in [4.78, 5) is 40.1. The number of fused-ring (bicyclic) bond motifs is 1. The maximum atomic E-state index is 13.2. The Morgan fingerprint density at radius 3 is 2.00 bits per heavy atom. The molecule has 0 spiro atoms. The number of carbonyl (C=O) groups excluding carboxylic acids is 3. The first-order chi connectivity index (χ1) is 15.9. The maximum absolute atomic E-state index is 13.2. The highest BCUT2D eigenvalue weighted by Crippen LogP contribution is 2.28. The number of anilines is 1. The summed E-state index contributed by atoms with van der Waals surface area (Å²) in [6, 6.07) is 22.7. The van der Waals surface area contributed by atoms with E-state index in [2.05, 4.69) is 5.32 Å². The van der Waals surface area contributed by atoms with Gasteiger partial charge in [-0.3, -0.25) is 19.3 Å². The van der Waals surface area contributed by atoms with Crippen molar-refractivity contribution < 1.29 is 19.1 Å². The van der Waals surface area contributed by atoms with Crippen molar-refractivity contribution in [2.75, 3.05) is 5.32 Å². The van der Waals surface area contributed by atoms with Crippen LogP contribution in [0.5, 0.6) is 5.75 Å². The molecular weight excluding hydrogens is 416 g/mol. The lowest BCUT2D eigenvalue weighted by Crippen LogP contribution is -2.47. The number of hydrogen-bond donors (Lipinski definition) is 1. The SMILES string of the molecule is CC(C)C[C@@H](C(=O)Nc1ccc(OCc2ccccc2)cc1)N1C(=O)c2ccccc2C1=O. The summed E-state index contributed by atoms with van der Waals surface area (Å²) in [5.41, 5.74) is 2.30. The molecule has 0 saturated heterocycles. The van der Waals surface area contributed by atoms with Crippen LogP contribution in [-0.2, 0) is 11.4 Å². The molecule has 3 aromatic carbocycles. The van der Waals surface area contributed by atoms with Gasteiger partial charge in [-0.2, -0.15) is 0 Å². The molecule has 33 heavy (non-hydrogen) atoms. The summed E-state index contributed by atoms with van der Waals surface area (Å²) >= 11 is 0. The molecule has 6 heteroatoms. The fourth-order valence-electron chi connectivity index (χ4n) is 3.87. The lowest BCUT2D eigenvalue weighted by molar-refractivity contribution is -0.120. The molecule has 0 fully saturated rings. The first-order valence-electron chi connectivity index (χ1n) is 11.0. The number of hydrogen-bond acceptors (Lipinski definition) is 4. The van der Waals surface area contributed by atoms with Gasteiger partial charge in [-0.15, -0.1) is 0 Å². The second kappa shape index (κ2) is 9.69. The Kier molecular flexibility index (Phi) is 6.54. The topological polar surface area (TPSA) is 75.7 Å². The first kappa shape index (κ1) is 22.3. The van der Waals surface area contributed by atoms with Crippen LogP contribution < -0.4 is 10.1 Å². The van der Waals surface area contributed by atoms with Gasteiger partial charge in [0.2, 0.25) is 5.91 Å². The summed E-state index contributed by atoms with van der Waals surface area (Å²) in [6.07, 6.45) is 0.371. The number of nitrogens with zero attached hydrogens (tertiary/aromatic N) is 1. The molecule has 1 aliphatic rings. The molecule has 0 aliphatic carbocycles. The van der Waals surface area contributed by atoms with E-state index >= 15 is 0 Å². The van der Waals surface area contributed by atoms with Crippen LogP contribution >= 0.6 is 0 Å². The summed E-state index contributed by atoms with van der Waals surface area (Å²) < 4.78 is 5.79. The first-order valence-corrected chi connectivity index (χ1v) is 11.0. The van der Waals surface area contributed by atoms with E-state index in [4.69, 9.17) is 4.74 Å². The van der Waals surface area contributed by atoms with Gasteiger partial charge in [0.15, 0.2) is 0 Å². The van der Waals surface area contributed by atoms with E-state index in [-0.39, 0.29) is 5.92 Å². The molecule has 4 rings (SSSR count). The zero-order valence-electron chi connectivity index (χ0n) is 18.7. The second-order valence-electron chi connectivity index (χ2n) is 8.46. The number of rotatable bonds is 8. The predicted octanol–water partition coefficient (Wildman–Crippen LogP) is 4.92. The van der Waals surface area contributed by atoms with E-state index in [1.54, 1.807) is 48.5 Å². The Hall–Kier alpha value is -3.93. The number of ether oxygens (including phenoxy) is 1. The molecular formula is C27H26N2O4. The Morgan fingerprint density at radius 2 is 1.42 bits per heavy atom. The standard InChI is InChI=1S/C27H26N2O4/c1-18(2)16-24(29-26(31)22-10-6-7-11-23(22)27(29)32)25(30)28-20-12-14-21(15-13-20)33-17-19-8-4-3-5-9-19/h3-15,18,24H,16-17H2,1-2H3,(H,28,30)/t24-/m0/s1. The second-order valence-corrected chi connectivity index (χ2v) is 8.46. The third-order valence-corrected chi connectivity index (χ3v) is 5.50. The number of amides is 3. The summed E-state index contributed by atoms with van der Waals surface area (Å²) in [5, 5.41) is 2.85. The van der Waals surface area contributed by atoms with Crippen LogP contribution in [0, 0.1) is 5.92 Å². The van der Waals surface area contributed by atoms with Crippen LogP contribution in [0.2, 0.25) is 0 Å². The van der Waals surface area contributed by atoms with Gasteiger partial charge in [-0.25, -0.2) is 0 Å². The van der Waals surface area contributed by atoms with Crippen molar-refractivity contribution in [2.24, 2.45) is 5.92 Å². The Morgan fingerprint density at radius 1 is 0.848 bits per heavy atom. The normalized spacial score (nSPS) is 13.7. The van der Waals surface area contributed by atoms with E-state index in [9.17, 15) is 14.4 Å². The van der Waals surface area contributed by atoms with Crippen LogP contribution in [0.4, 0.5) is 5.69 Å². The van der Waals surface area contributed by atoms with E-state index in [0.29, 0.717) is 35.6 Å². The van der Waals surface area contributed by atoms with Gasteiger partial charge in [-0.1, -0.05) is 56.3 Å². The molecule has 1 aliphatic heterocycles. The van der Waals surface area contributed by atoms with Crippen molar-refractivity contribution in [1.29, 1.82) is 0 Å². The molecule has 0 saturated carbocycles. The third-order valence-electron chi connectivity index (χ3n) is 5.50. The molecule has 1 heterocycles. The molecule has 3 amide bonds. The number of imide groups is 1. The highest BCUT2D eigenvalue weighted by Gasteiger charge is 2.42. The van der Waals surface area contributed by atoms with E-state index < -0.39 is 23.8 Å². The van der Waals surface area contributed by atoms with Gasteiger partial charge in [0.1, 0.15) is 18.4 Å². The minimum absolute atomic E-state index is 0.110. The van der Waals surface area contributed by atoms with Gasteiger partial charge < -0.3 is 10.1 Å². The van der Waals surface area contributed by atoms with E-state index in [0.717, 1.165) is 10.5 Å². The monoisotopic (exact) mass is 442 g/mol. The van der Waals surface area contributed by atoms with E-state index in [1.165, 1.54) is 0 Å². The minimum atomic E-state index is -0.897. The van der Waals surface area contributed by atoms with Crippen molar-refractivity contribution >= 4 is 23.4 Å². The number of benzene rings is 3. The fourth-order valence-corrected chi connectivity index (χ4v) is 3.87. The highest BCUT2D eigenvalue weighted by molar-refractivity contribution is 6.23. The van der Waals surface area contributed by atoms with Gasteiger partial charge in [-0.05, 0) is 54.3 Å². The van der Waals surface area contributed by atoms with Crippen molar-refractivity contribution in [3.05, 3.63) is 95.6 Å². The molecule has 0 bridgehead atoms. The number of nitrogens with one attached hydrogen (secondary N) is 1. The lowest BCUT2D eigenvalue weighted by Gasteiger charge is -2.26. The highest BCUT2D eigenvalue weighted by atomic mass is 16.5. The average Bonchev–Trinajstić information content (AvgIpc) is 3.07. The molecule has 1 N–H and O–H groups in total. The molecule has 0 unspecified atom stereocenters. The van der Waals surface area contributed by atoms with Crippen molar-refractivity contribution in [2.45, 2.75) is 32.9 Å². The van der Waals surface area contributed by atoms with Gasteiger partial charge in [0, 0.05) is 5.69 Å². The number of carbonyl (C=O) groups is 3. The van der Waals surface area contributed by atoms with Crippen LogP contribution in [-0.4, -0.2) is 28.7 Å². The van der Waals surface area contributed by atoms with Crippen LogP contribution in [0.1, 0.15) is 46.5 Å². The molecule has 0 aromatic heterocycles. The average molecular weight is 443 g/mol. The zero-order chi connectivity index (χ0) is 23.4. The van der Waals surface area contributed by atoms with Crippen molar-refractivity contribution in [3.8, 4) is 5.75 Å². The zero-order valence-corrected chi connectivity index (χ0v) is 18.7. The lowest BCUT2D eigenvalue weighted by atomic mass is 10.0. The minimum Gasteiger partial charge on any atom is -0.489 e. The van der Waals surface area contributed by atoms with Crippen LogP contribution in [0.15, 0.2) is 78.9 Å². The van der Waals surface area contributed by atoms with Gasteiger partial charge >= 0.3 is 0 Å². The Balaban J connectivity index is 1.46. The summed E-state index contributed by atoms with van der Waals surface area (Å²) in [7, 11) is 0. The van der Waals surface area contributed by atoms with Crippen molar-refractivity contribution in [3.63, 3.8) is 0 Å². The maximum Gasteiger partial charge on any atom is 0.262 e.